The fourth-order valence-corrected chi connectivity index (χ4v) is 3.26. The number of nitrogens with two attached hydrogens (primary N) is 1. The maximum atomic E-state index is 6.33. The molecule has 2 N–H and O–H groups in total. The fourth-order valence-electron chi connectivity index (χ4n) is 3.26. The molecule has 0 radical (unpaired) electrons. The van der Waals surface area contributed by atoms with Gasteiger partial charge in [-0.2, -0.15) is 0 Å². The molecule has 100 valence electrons. The van der Waals surface area contributed by atoms with E-state index in [1.165, 1.54) is 12.0 Å². The van der Waals surface area contributed by atoms with Crippen molar-refractivity contribution in [3.05, 3.63) is 54.1 Å². The van der Waals surface area contributed by atoms with Gasteiger partial charge in [-0.05, 0) is 37.7 Å². The molecule has 1 aliphatic rings. The highest BCUT2D eigenvalue weighted by Crippen LogP contribution is 2.38. The summed E-state index contributed by atoms with van der Waals surface area (Å²) in [7, 11) is 0. The van der Waals surface area contributed by atoms with E-state index >= 15 is 0 Å². The minimum atomic E-state index is 0.243. The van der Waals surface area contributed by atoms with Gasteiger partial charge in [-0.3, -0.25) is 0 Å². The molecule has 3 nitrogen and oxygen atoms in total. The largest absolute Gasteiger partial charge is 0.331 e. The summed E-state index contributed by atoms with van der Waals surface area (Å²) < 4.78 is 2.25. The van der Waals surface area contributed by atoms with Crippen LogP contribution in [0.15, 0.2) is 42.7 Å². The Labute approximate surface area is 114 Å². The van der Waals surface area contributed by atoms with Crippen molar-refractivity contribution in [1.82, 2.24) is 9.55 Å². The lowest BCUT2D eigenvalue weighted by Crippen LogP contribution is -2.37. The number of rotatable bonds is 2. The predicted molar refractivity (Wildman–Crippen MR) is 77.0 cm³/mol. The molecule has 3 heteroatoms. The molecule has 1 aromatic carbocycles. The summed E-state index contributed by atoms with van der Waals surface area (Å²) in [5, 5.41) is 0. The van der Waals surface area contributed by atoms with Crippen LogP contribution in [0.2, 0.25) is 0 Å². The zero-order chi connectivity index (χ0) is 13.2. The molecule has 3 unspecified atom stereocenters. The molecule has 3 rings (SSSR count). The van der Waals surface area contributed by atoms with Crippen LogP contribution in [0.5, 0.6) is 0 Å². The number of nitrogens with zero attached hydrogens (tertiary/aromatic N) is 2. The van der Waals surface area contributed by atoms with E-state index < -0.39 is 0 Å². The maximum absolute atomic E-state index is 6.33. The number of aromatic nitrogens is 2. The summed E-state index contributed by atoms with van der Waals surface area (Å²) in [6.45, 7) is 2.05. The van der Waals surface area contributed by atoms with E-state index in [1.807, 2.05) is 6.20 Å². The Morgan fingerprint density at radius 1 is 1.21 bits per heavy atom. The average Bonchev–Trinajstić information content (AvgIpc) is 2.86. The minimum absolute atomic E-state index is 0.243. The third-order valence-corrected chi connectivity index (χ3v) is 4.36. The summed E-state index contributed by atoms with van der Waals surface area (Å²) in [4.78, 5) is 4.33. The van der Waals surface area contributed by atoms with Crippen LogP contribution < -0.4 is 5.73 Å². The van der Waals surface area contributed by atoms with Gasteiger partial charge in [0, 0.05) is 18.4 Å². The van der Waals surface area contributed by atoms with Crippen molar-refractivity contribution in [2.24, 2.45) is 5.73 Å². The first-order chi connectivity index (χ1) is 9.25. The van der Waals surface area contributed by atoms with Crippen molar-refractivity contribution in [2.45, 2.75) is 44.2 Å². The molecule has 19 heavy (non-hydrogen) atoms. The van der Waals surface area contributed by atoms with Crippen LogP contribution in [0.3, 0.4) is 0 Å². The Kier molecular flexibility index (Phi) is 3.38. The number of imidazole rings is 1. The zero-order valence-electron chi connectivity index (χ0n) is 11.4. The molecule has 1 heterocycles. The second-order valence-corrected chi connectivity index (χ2v) is 5.53. The van der Waals surface area contributed by atoms with E-state index in [2.05, 4.69) is 53.0 Å². The summed E-state index contributed by atoms with van der Waals surface area (Å²) in [5.74, 6) is 1.68. The van der Waals surface area contributed by atoms with E-state index in [1.54, 1.807) is 0 Å². The van der Waals surface area contributed by atoms with Crippen molar-refractivity contribution in [3.63, 3.8) is 0 Å². The Morgan fingerprint density at radius 2 is 2.00 bits per heavy atom. The SMILES string of the molecule is Cc1nccn1C1CC(c2ccccc2)CCC1N. The number of hydrogen-bond acceptors (Lipinski definition) is 2. The molecule has 0 aliphatic heterocycles. The standard InChI is InChI=1S/C16H21N3/c1-12-18-9-10-19(12)16-11-14(7-8-15(16)17)13-5-3-2-4-6-13/h2-6,9-10,14-16H,7-8,11,17H2,1H3. The Hall–Kier alpha value is -1.61. The van der Waals surface area contributed by atoms with Crippen LogP contribution in [0, 0.1) is 6.92 Å². The molecule has 3 atom stereocenters. The molecule has 0 bridgehead atoms. The molecule has 0 amide bonds. The van der Waals surface area contributed by atoms with Crippen LogP contribution in [-0.2, 0) is 0 Å². The van der Waals surface area contributed by atoms with Crippen molar-refractivity contribution < 1.29 is 0 Å². The minimum Gasteiger partial charge on any atom is -0.331 e. The second kappa shape index (κ2) is 5.17. The zero-order valence-corrected chi connectivity index (χ0v) is 11.4. The van der Waals surface area contributed by atoms with Gasteiger partial charge >= 0.3 is 0 Å². The van der Waals surface area contributed by atoms with Crippen LogP contribution >= 0.6 is 0 Å². The lowest BCUT2D eigenvalue weighted by atomic mass is 9.79. The lowest BCUT2D eigenvalue weighted by molar-refractivity contribution is 0.275. The van der Waals surface area contributed by atoms with Crippen molar-refractivity contribution in [1.29, 1.82) is 0 Å². The highest BCUT2D eigenvalue weighted by Gasteiger charge is 2.30. The van der Waals surface area contributed by atoms with Gasteiger partial charge in [-0.15, -0.1) is 0 Å². The molecule has 1 aromatic heterocycles. The first-order valence-electron chi connectivity index (χ1n) is 7.05. The van der Waals surface area contributed by atoms with Gasteiger partial charge in [0.25, 0.3) is 0 Å². The number of hydrogen-bond donors (Lipinski definition) is 1. The number of benzene rings is 1. The Balaban J connectivity index is 1.84. The number of aryl methyl sites for hydroxylation is 1. The van der Waals surface area contributed by atoms with Gasteiger partial charge < -0.3 is 10.3 Å². The molecule has 0 spiro atoms. The molecule has 1 saturated carbocycles. The normalized spacial score (nSPS) is 27.4. The van der Waals surface area contributed by atoms with Gasteiger partial charge in [-0.25, -0.2) is 4.98 Å². The molecule has 1 fully saturated rings. The smallest absolute Gasteiger partial charge is 0.105 e. The van der Waals surface area contributed by atoms with Crippen LogP contribution in [-0.4, -0.2) is 15.6 Å². The second-order valence-electron chi connectivity index (χ2n) is 5.53. The summed E-state index contributed by atoms with van der Waals surface area (Å²) in [6.07, 6.45) is 7.32. The lowest BCUT2D eigenvalue weighted by Gasteiger charge is -2.35. The fraction of sp³-hybridized carbons (Fsp3) is 0.438. The van der Waals surface area contributed by atoms with E-state index in [-0.39, 0.29) is 6.04 Å². The predicted octanol–water partition coefficient (Wildman–Crippen LogP) is 3.03. The molecule has 2 aromatic rings. The summed E-state index contributed by atoms with van der Waals surface area (Å²) >= 11 is 0. The van der Waals surface area contributed by atoms with Gasteiger partial charge in [-0.1, -0.05) is 30.3 Å². The molecule has 1 aliphatic carbocycles. The molecule has 0 saturated heterocycles. The monoisotopic (exact) mass is 255 g/mol. The van der Waals surface area contributed by atoms with Crippen molar-refractivity contribution in [3.8, 4) is 0 Å². The first kappa shape index (κ1) is 12.4. The van der Waals surface area contributed by atoms with Crippen molar-refractivity contribution in [2.75, 3.05) is 0 Å². The van der Waals surface area contributed by atoms with Crippen LogP contribution in [0.1, 0.15) is 42.6 Å². The highest BCUT2D eigenvalue weighted by atomic mass is 15.1. The van der Waals surface area contributed by atoms with E-state index in [4.69, 9.17) is 5.73 Å². The summed E-state index contributed by atoms with van der Waals surface area (Å²) in [5.41, 5.74) is 7.77. The summed E-state index contributed by atoms with van der Waals surface area (Å²) in [6, 6.07) is 11.4. The Morgan fingerprint density at radius 3 is 2.68 bits per heavy atom. The van der Waals surface area contributed by atoms with Crippen molar-refractivity contribution >= 4 is 0 Å². The topological polar surface area (TPSA) is 43.8 Å². The van der Waals surface area contributed by atoms with E-state index in [9.17, 15) is 0 Å². The van der Waals surface area contributed by atoms with Gasteiger partial charge in [0.1, 0.15) is 5.82 Å². The Bertz CT molecular complexity index is 532. The highest BCUT2D eigenvalue weighted by molar-refractivity contribution is 5.21. The van der Waals surface area contributed by atoms with E-state index in [0.29, 0.717) is 12.0 Å². The van der Waals surface area contributed by atoms with Gasteiger partial charge in [0.2, 0.25) is 0 Å². The first-order valence-corrected chi connectivity index (χ1v) is 7.05. The van der Waals surface area contributed by atoms with Gasteiger partial charge in [0.15, 0.2) is 0 Å². The maximum Gasteiger partial charge on any atom is 0.105 e. The van der Waals surface area contributed by atoms with E-state index in [0.717, 1.165) is 18.7 Å². The molecular weight excluding hydrogens is 234 g/mol. The third-order valence-electron chi connectivity index (χ3n) is 4.36. The van der Waals surface area contributed by atoms with Crippen LogP contribution in [0.4, 0.5) is 0 Å². The quantitative estimate of drug-likeness (QED) is 0.896. The van der Waals surface area contributed by atoms with Gasteiger partial charge in [0.05, 0.1) is 6.04 Å². The van der Waals surface area contributed by atoms with Crippen LogP contribution in [0.25, 0.3) is 0 Å². The third kappa shape index (κ3) is 2.43. The average molecular weight is 255 g/mol. The molecular formula is C16H21N3.